The van der Waals surface area contributed by atoms with E-state index in [1.807, 2.05) is 24.3 Å². The zero-order valence-corrected chi connectivity index (χ0v) is 18.6. The molecule has 32 heavy (non-hydrogen) atoms. The van der Waals surface area contributed by atoms with Crippen molar-refractivity contribution in [3.05, 3.63) is 65.7 Å². The number of carbonyl (C=O) groups excluding carboxylic acids is 2. The topological polar surface area (TPSA) is 61.9 Å². The van der Waals surface area contributed by atoms with E-state index in [2.05, 4.69) is 45.4 Å². The zero-order chi connectivity index (χ0) is 22.1. The molecular formula is C26H31N3O3. The second-order valence-corrected chi connectivity index (χ2v) is 9.29. The Labute approximate surface area is 189 Å². The van der Waals surface area contributed by atoms with Gasteiger partial charge in [0.15, 0.2) is 0 Å². The van der Waals surface area contributed by atoms with Crippen LogP contribution in [0.3, 0.4) is 0 Å². The van der Waals surface area contributed by atoms with Gasteiger partial charge in [-0.05, 0) is 48.9 Å². The van der Waals surface area contributed by atoms with Crippen molar-refractivity contribution in [2.75, 3.05) is 31.2 Å². The number of para-hydroxylation sites is 1. The van der Waals surface area contributed by atoms with E-state index in [0.29, 0.717) is 6.67 Å². The molecule has 0 saturated carbocycles. The number of likely N-dealkylation sites (tertiary alicyclic amines) is 1. The van der Waals surface area contributed by atoms with Gasteiger partial charge in [-0.1, -0.05) is 42.5 Å². The summed E-state index contributed by atoms with van der Waals surface area (Å²) in [7, 11) is 0. The Morgan fingerprint density at radius 3 is 2.56 bits per heavy atom. The van der Waals surface area contributed by atoms with E-state index in [1.54, 1.807) is 0 Å². The van der Waals surface area contributed by atoms with Crippen LogP contribution in [0, 0.1) is 5.92 Å². The Bertz CT molecular complexity index is 985. The number of carbonyl (C=O) groups is 2. The van der Waals surface area contributed by atoms with Crippen molar-refractivity contribution in [2.24, 2.45) is 5.92 Å². The number of fused-ring (bicyclic) bond motifs is 1. The number of amides is 1. The highest BCUT2D eigenvalue weighted by molar-refractivity contribution is 5.93. The van der Waals surface area contributed by atoms with Crippen LogP contribution in [0.2, 0.25) is 0 Å². The van der Waals surface area contributed by atoms with Crippen LogP contribution in [0.1, 0.15) is 43.4 Å². The molecule has 1 spiro atoms. The first-order chi connectivity index (χ1) is 15.6. The van der Waals surface area contributed by atoms with E-state index < -0.39 is 5.54 Å². The third-order valence-corrected chi connectivity index (χ3v) is 7.45. The third kappa shape index (κ3) is 3.77. The number of esters is 1. The van der Waals surface area contributed by atoms with Gasteiger partial charge in [0, 0.05) is 38.2 Å². The minimum atomic E-state index is -0.466. The molecule has 5 rings (SSSR count). The van der Waals surface area contributed by atoms with Gasteiger partial charge in [0.2, 0.25) is 5.91 Å². The summed E-state index contributed by atoms with van der Waals surface area (Å²) in [6, 6.07) is 18.5. The molecule has 2 fully saturated rings. The van der Waals surface area contributed by atoms with Gasteiger partial charge in [-0.2, -0.15) is 0 Å². The molecule has 2 aliphatic heterocycles. The molecule has 0 bridgehead atoms. The van der Waals surface area contributed by atoms with Crippen LogP contribution in [-0.4, -0.2) is 48.6 Å². The average molecular weight is 434 g/mol. The summed E-state index contributed by atoms with van der Waals surface area (Å²) in [5, 5.41) is 3.08. The van der Waals surface area contributed by atoms with Crippen LogP contribution >= 0.6 is 0 Å². The maximum absolute atomic E-state index is 12.9. The summed E-state index contributed by atoms with van der Waals surface area (Å²) >= 11 is 0. The highest BCUT2D eigenvalue weighted by atomic mass is 16.5. The summed E-state index contributed by atoms with van der Waals surface area (Å²) in [5.74, 6) is 0.186. The number of benzene rings is 2. The second kappa shape index (κ2) is 8.58. The Morgan fingerprint density at radius 2 is 1.81 bits per heavy atom. The first-order valence-electron chi connectivity index (χ1n) is 11.7. The Hall–Kier alpha value is -2.86. The molecule has 6 nitrogen and oxygen atoms in total. The van der Waals surface area contributed by atoms with Gasteiger partial charge in [-0.3, -0.25) is 9.59 Å². The maximum atomic E-state index is 12.9. The fourth-order valence-corrected chi connectivity index (χ4v) is 5.78. The molecule has 0 unspecified atom stereocenters. The molecular weight excluding hydrogens is 402 g/mol. The van der Waals surface area contributed by atoms with Gasteiger partial charge in [-0.25, -0.2) is 0 Å². The zero-order valence-electron chi connectivity index (χ0n) is 18.6. The van der Waals surface area contributed by atoms with Gasteiger partial charge in [0.05, 0.1) is 6.67 Å². The van der Waals surface area contributed by atoms with E-state index in [1.165, 1.54) is 12.5 Å². The number of ether oxygens (including phenoxy) is 1. The normalized spacial score (nSPS) is 24.8. The summed E-state index contributed by atoms with van der Waals surface area (Å²) in [5.41, 5.74) is 3.07. The van der Waals surface area contributed by atoms with Crippen molar-refractivity contribution in [3.63, 3.8) is 0 Å². The van der Waals surface area contributed by atoms with Crippen LogP contribution in [0.15, 0.2) is 54.6 Å². The van der Waals surface area contributed by atoms with Crippen LogP contribution < -0.4 is 10.2 Å². The lowest BCUT2D eigenvalue weighted by molar-refractivity contribution is -0.151. The summed E-state index contributed by atoms with van der Waals surface area (Å²) in [6.07, 6.45) is 3.43. The van der Waals surface area contributed by atoms with Crippen molar-refractivity contribution in [3.8, 4) is 0 Å². The Balaban J connectivity index is 1.29. The summed E-state index contributed by atoms with van der Waals surface area (Å²) in [6.45, 7) is 4.67. The highest BCUT2D eigenvalue weighted by Crippen LogP contribution is 2.40. The number of nitrogens with zero attached hydrogens (tertiary/aromatic N) is 2. The maximum Gasteiger partial charge on any atom is 0.303 e. The van der Waals surface area contributed by atoms with Crippen LogP contribution in [0.4, 0.5) is 5.69 Å². The second-order valence-electron chi connectivity index (χ2n) is 9.29. The fraction of sp³-hybridized carbons (Fsp3) is 0.462. The quantitative estimate of drug-likeness (QED) is 0.750. The molecule has 1 amide bonds. The standard InChI is InChI=1S/C26H31N3O3/c1-19(30)32-24-21(12-11-20-7-5-6-10-23(20)24)17-28-15-13-26(14-16-28)25(31)27-18-29(26)22-8-3-2-4-9-22/h2-10,21,24H,11-18H2,1H3,(H,27,31)/t21-,24-/m1/s1. The number of nitrogens with one attached hydrogen (secondary N) is 1. The van der Waals surface area contributed by atoms with Crippen molar-refractivity contribution in [2.45, 2.75) is 44.2 Å². The van der Waals surface area contributed by atoms with Gasteiger partial charge in [0.25, 0.3) is 0 Å². The average Bonchev–Trinajstić information content (AvgIpc) is 3.12. The highest BCUT2D eigenvalue weighted by Gasteiger charge is 2.50. The molecule has 1 aliphatic carbocycles. The van der Waals surface area contributed by atoms with Crippen molar-refractivity contribution < 1.29 is 14.3 Å². The number of anilines is 1. The molecule has 0 radical (unpaired) electrons. The van der Waals surface area contributed by atoms with E-state index >= 15 is 0 Å². The number of rotatable bonds is 4. The molecule has 2 atom stereocenters. The van der Waals surface area contributed by atoms with E-state index in [0.717, 1.165) is 56.6 Å². The number of hydrogen-bond donors (Lipinski definition) is 1. The van der Waals surface area contributed by atoms with Gasteiger partial charge in [0.1, 0.15) is 11.6 Å². The van der Waals surface area contributed by atoms with E-state index in [4.69, 9.17) is 4.74 Å². The number of piperidine rings is 1. The lowest BCUT2D eigenvalue weighted by atomic mass is 9.80. The molecule has 0 aromatic heterocycles. The molecule has 168 valence electrons. The minimum absolute atomic E-state index is 0.144. The van der Waals surface area contributed by atoms with Gasteiger partial charge < -0.3 is 19.9 Å². The number of aryl methyl sites for hydroxylation is 1. The van der Waals surface area contributed by atoms with Crippen LogP contribution in [-0.2, 0) is 20.7 Å². The fourth-order valence-electron chi connectivity index (χ4n) is 5.78. The van der Waals surface area contributed by atoms with Gasteiger partial charge >= 0.3 is 5.97 Å². The largest absolute Gasteiger partial charge is 0.457 e. The Kier molecular flexibility index (Phi) is 5.64. The minimum Gasteiger partial charge on any atom is -0.457 e. The predicted octanol–water partition coefficient (Wildman–Crippen LogP) is 3.28. The lowest BCUT2D eigenvalue weighted by Gasteiger charge is -2.45. The summed E-state index contributed by atoms with van der Waals surface area (Å²) < 4.78 is 5.82. The van der Waals surface area contributed by atoms with Gasteiger partial charge in [-0.15, -0.1) is 0 Å². The molecule has 2 aromatic rings. The molecule has 3 aliphatic rings. The summed E-state index contributed by atoms with van der Waals surface area (Å²) in [4.78, 5) is 29.5. The predicted molar refractivity (Wildman–Crippen MR) is 123 cm³/mol. The van der Waals surface area contributed by atoms with E-state index in [-0.39, 0.29) is 23.9 Å². The van der Waals surface area contributed by atoms with E-state index in [9.17, 15) is 9.59 Å². The van der Waals surface area contributed by atoms with Crippen molar-refractivity contribution in [1.82, 2.24) is 10.2 Å². The number of hydrogen-bond acceptors (Lipinski definition) is 5. The monoisotopic (exact) mass is 433 g/mol. The van der Waals surface area contributed by atoms with Crippen molar-refractivity contribution >= 4 is 17.6 Å². The SMILES string of the molecule is CC(=O)O[C@H]1c2ccccc2CC[C@@H]1CN1CCC2(CC1)C(=O)NCN2c1ccccc1. The molecule has 2 heterocycles. The molecule has 1 N–H and O–H groups in total. The Morgan fingerprint density at radius 1 is 1.09 bits per heavy atom. The van der Waals surface area contributed by atoms with Crippen molar-refractivity contribution in [1.29, 1.82) is 0 Å². The lowest BCUT2D eigenvalue weighted by Crippen LogP contribution is -2.57. The first kappa shape index (κ1) is 21.0. The van der Waals surface area contributed by atoms with Crippen LogP contribution in [0.25, 0.3) is 0 Å². The smallest absolute Gasteiger partial charge is 0.303 e. The van der Waals surface area contributed by atoms with Crippen LogP contribution in [0.5, 0.6) is 0 Å². The first-order valence-corrected chi connectivity index (χ1v) is 11.7. The molecule has 2 aromatic carbocycles. The molecule has 6 heteroatoms. The third-order valence-electron chi connectivity index (χ3n) is 7.45. The molecule has 2 saturated heterocycles.